The molecule has 0 saturated carbocycles. The van der Waals surface area contributed by atoms with Crippen molar-refractivity contribution in [2.75, 3.05) is 5.73 Å². The van der Waals surface area contributed by atoms with Gasteiger partial charge in [0.1, 0.15) is 5.00 Å². The van der Waals surface area contributed by atoms with Gasteiger partial charge in [-0.1, -0.05) is 12.1 Å². The summed E-state index contributed by atoms with van der Waals surface area (Å²) in [6, 6.07) is 5.81. The summed E-state index contributed by atoms with van der Waals surface area (Å²) < 4.78 is 1.08. The van der Waals surface area contributed by atoms with Crippen molar-refractivity contribution in [3.63, 3.8) is 0 Å². The molecule has 0 bridgehead atoms. The Labute approximate surface area is 74.3 Å². The average Bonchev–Trinajstić information content (AvgIpc) is 2.32. The number of aromatic hydroxyl groups is 1. The number of fused-ring (bicyclic) bond motifs is 1. The molecule has 0 aliphatic heterocycles. The van der Waals surface area contributed by atoms with Gasteiger partial charge < -0.3 is 10.8 Å². The highest BCUT2D eigenvalue weighted by Crippen LogP contribution is 2.40. The van der Waals surface area contributed by atoms with E-state index in [1.165, 1.54) is 11.3 Å². The molecule has 3 N–H and O–H groups in total. The molecule has 0 radical (unpaired) electrons. The van der Waals surface area contributed by atoms with Gasteiger partial charge in [-0.15, -0.1) is 11.3 Å². The summed E-state index contributed by atoms with van der Waals surface area (Å²) in [7, 11) is 0. The van der Waals surface area contributed by atoms with Crippen LogP contribution in [0, 0.1) is 6.92 Å². The summed E-state index contributed by atoms with van der Waals surface area (Å²) in [5.74, 6) is 0.221. The van der Waals surface area contributed by atoms with Crippen LogP contribution in [0.1, 0.15) is 5.56 Å². The second-order valence-corrected chi connectivity index (χ2v) is 3.82. The van der Waals surface area contributed by atoms with Crippen LogP contribution in [-0.4, -0.2) is 5.11 Å². The third-order valence-corrected chi connectivity index (χ3v) is 3.07. The van der Waals surface area contributed by atoms with E-state index >= 15 is 0 Å². The molecule has 1 aromatic carbocycles. The van der Waals surface area contributed by atoms with Gasteiger partial charge in [0, 0.05) is 10.1 Å². The molecular formula is C9H9NOS. The monoisotopic (exact) mass is 179 g/mol. The van der Waals surface area contributed by atoms with Gasteiger partial charge in [-0.2, -0.15) is 0 Å². The molecule has 3 heteroatoms. The molecular weight excluding hydrogens is 170 g/mol. The number of anilines is 1. The Hall–Kier alpha value is -1.22. The Morgan fingerprint density at radius 2 is 2.17 bits per heavy atom. The van der Waals surface area contributed by atoms with Gasteiger partial charge in [-0.3, -0.25) is 0 Å². The summed E-state index contributed by atoms with van der Waals surface area (Å²) in [6.07, 6.45) is 0. The van der Waals surface area contributed by atoms with Gasteiger partial charge in [-0.25, -0.2) is 0 Å². The molecule has 0 fully saturated rings. The molecule has 0 unspecified atom stereocenters. The molecule has 0 saturated heterocycles. The van der Waals surface area contributed by atoms with Crippen LogP contribution in [0.5, 0.6) is 5.75 Å². The van der Waals surface area contributed by atoms with E-state index in [-0.39, 0.29) is 5.75 Å². The maximum Gasteiger partial charge on any atom is 0.157 e. The number of aryl methyl sites for hydroxylation is 1. The van der Waals surface area contributed by atoms with Crippen LogP contribution < -0.4 is 5.73 Å². The van der Waals surface area contributed by atoms with E-state index < -0.39 is 0 Å². The van der Waals surface area contributed by atoms with Crippen LogP contribution in [0.25, 0.3) is 10.1 Å². The molecule has 1 heterocycles. The Morgan fingerprint density at radius 1 is 1.42 bits per heavy atom. The normalized spacial score (nSPS) is 10.8. The van der Waals surface area contributed by atoms with Crippen molar-refractivity contribution < 1.29 is 5.11 Å². The van der Waals surface area contributed by atoms with E-state index in [4.69, 9.17) is 5.73 Å². The number of hydrogen-bond acceptors (Lipinski definition) is 3. The third-order valence-electron chi connectivity index (χ3n) is 1.91. The minimum atomic E-state index is 0.221. The van der Waals surface area contributed by atoms with Gasteiger partial charge in [0.2, 0.25) is 0 Å². The largest absolute Gasteiger partial charge is 0.504 e. The standard InChI is InChI=1S/C9H9NOS/c1-5-3-2-4-6-7(11)9(10)12-8(5)6/h2-4,11H,10H2,1H3. The number of nitrogens with two attached hydrogens (primary N) is 1. The summed E-state index contributed by atoms with van der Waals surface area (Å²) in [4.78, 5) is 0. The Balaban J connectivity index is 2.95. The molecule has 2 rings (SSSR count). The van der Waals surface area contributed by atoms with E-state index in [9.17, 15) is 5.11 Å². The molecule has 2 nitrogen and oxygen atoms in total. The fourth-order valence-corrected chi connectivity index (χ4v) is 2.20. The smallest absolute Gasteiger partial charge is 0.157 e. The SMILES string of the molecule is Cc1cccc2c(O)c(N)sc12. The minimum Gasteiger partial charge on any atom is -0.504 e. The zero-order valence-corrected chi connectivity index (χ0v) is 7.48. The lowest BCUT2D eigenvalue weighted by molar-refractivity contribution is 0.486. The van der Waals surface area contributed by atoms with E-state index in [1.54, 1.807) is 0 Å². The zero-order chi connectivity index (χ0) is 8.72. The molecule has 0 aliphatic rings. The number of rotatable bonds is 0. The van der Waals surface area contributed by atoms with Gasteiger partial charge in [0.05, 0.1) is 0 Å². The van der Waals surface area contributed by atoms with E-state index in [2.05, 4.69) is 0 Å². The second-order valence-electron chi connectivity index (χ2n) is 2.77. The highest BCUT2D eigenvalue weighted by atomic mass is 32.1. The average molecular weight is 179 g/mol. The molecule has 2 aromatic rings. The molecule has 0 spiro atoms. The van der Waals surface area contributed by atoms with Gasteiger partial charge in [0.15, 0.2) is 5.75 Å². The fourth-order valence-electron chi connectivity index (χ4n) is 1.27. The van der Waals surface area contributed by atoms with Crippen LogP contribution in [0.15, 0.2) is 18.2 Å². The van der Waals surface area contributed by atoms with Crippen LogP contribution in [0.2, 0.25) is 0 Å². The van der Waals surface area contributed by atoms with Crippen molar-refractivity contribution in [2.24, 2.45) is 0 Å². The van der Waals surface area contributed by atoms with E-state index in [0.29, 0.717) is 5.00 Å². The van der Waals surface area contributed by atoms with Gasteiger partial charge in [0.25, 0.3) is 0 Å². The second kappa shape index (κ2) is 2.38. The number of thiophene rings is 1. The summed E-state index contributed by atoms with van der Waals surface area (Å²) >= 11 is 1.43. The van der Waals surface area contributed by atoms with Crippen molar-refractivity contribution in [1.82, 2.24) is 0 Å². The molecule has 0 amide bonds. The fraction of sp³-hybridized carbons (Fsp3) is 0.111. The van der Waals surface area contributed by atoms with Crippen LogP contribution >= 0.6 is 11.3 Å². The van der Waals surface area contributed by atoms with Gasteiger partial charge >= 0.3 is 0 Å². The first-order valence-corrected chi connectivity index (χ1v) is 4.48. The molecule has 0 atom stereocenters. The summed E-state index contributed by atoms with van der Waals surface area (Å²) in [6.45, 7) is 2.01. The van der Waals surface area contributed by atoms with Crippen molar-refractivity contribution in [3.05, 3.63) is 23.8 Å². The summed E-state index contributed by atoms with van der Waals surface area (Å²) in [5, 5.41) is 10.9. The Kier molecular flexibility index (Phi) is 1.48. The lowest BCUT2D eigenvalue weighted by Crippen LogP contribution is -1.75. The predicted octanol–water partition coefficient (Wildman–Crippen LogP) is 2.50. The highest BCUT2D eigenvalue weighted by molar-refractivity contribution is 7.23. The Bertz CT molecular complexity index is 433. The zero-order valence-electron chi connectivity index (χ0n) is 6.66. The molecule has 12 heavy (non-hydrogen) atoms. The predicted molar refractivity (Wildman–Crippen MR) is 52.6 cm³/mol. The highest BCUT2D eigenvalue weighted by Gasteiger charge is 2.08. The number of benzene rings is 1. The maximum absolute atomic E-state index is 9.51. The van der Waals surface area contributed by atoms with E-state index in [1.807, 2.05) is 25.1 Å². The molecule has 0 aliphatic carbocycles. The lowest BCUT2D eigenvalue weighted by Gasteiger charge is -1.92. The van der Waals surface area contributed by atoms with E-state index in [0.717, 1.165) is 15.6 Å². The lowest BCUT2D eigenvalue weighted by atomic mass is 10.2. The summed E-state index contributed by atoms with van der Waals surface area (Å²) in [5.41, 5.74) is 6.75. The number of nitrogen functional groups attached to an aromatic ring is 1. The van der Waals surface area contributed by atoms with Gasteiger partial charge in [-0.05, 0) is 18.6 Å². The first-order chi connectivity index (χ1) is 5.70. The maximum atomic E-state index is 9.51. The van der Waals surface area contributed by atoms with Crippen LogP contribution in [-0.2, 0) is 0 Å². The van der Waals surface area contributed by atoms with Crippen molar-refractivity contribution in [3.8, 4) is 5.75 Å². The van der Waals surface area contributed by atoms with Crippen molar-refractivity contribution >= 4 is 26.4 Å². The molecule has 62 valence electrons. The Morgan fingerprint density at radius 3 is 2.83 bits per heavy atom. The van der Waals surface area contributed by atoms with Crippen LogP contribution in [0.4, 0.5) is 5.00 Å². The first kappa shape index (κ1) is 7.43. The first-order valence-electron chi connectivity index (χ1n) is 3.66. The molecule has 1 aromatic heterocycles. The van der Waals surface area contributed by atoms with Crippen molar-refractivity contribution in [1.29, 1.82) is 0 Å². The quantitative estimate of drug-likeness (QED) is 0.652. The number of hydrogen-bond donors (Lipinski definition) is 2. The third kappa shape index (κ3) is 0.865. The van der Waals surface area contributed by atoms with Crippen LogP contribution in [0.3, 0.4) is 0 Å². The minimum absolute atomic E-state index is 0.221. The topological polar surface area (TPSA) is 46.2 Å². The van der Waals surface area contributed by atoms with Crippen molar-refractivity contribution in [2.45, 2.75) is 6.92 Å².